The van der Waals surface area contributed by atoms with Gasteiger partial charge in [-0.25, -0.2) is 13.2 Å². The number of carbonyl (C=O) groups is 2. The minimum absolute atomic E-state index is 0.0160. The molecule has 2 aromatic carbocycles. The van der Waals surface area contributed by atoms with E-state index in [4.69, 9.17) is 0 Å². The van der Waals surface area contributed by atoms with Crippen molar-refractivity contribution in [3.63, 3.8) is 0 Å². The molecular formula is C22H20F3N3O2. The van der Waals surface area contributed by atoms with Crippen molar-refractivity contribution in [2.45, 2.75) is 31.7 Å². The van der Waals surface area contributed by atoms with Crippen molar-refractivity contribution in [1.29, 1.82) is 0 Å². The Kier molecular flexibility index (Phi) is 5.01. The lowest BCUT2D eigenvalue weighted by molar-refractivity contribution is -0.130. The Hall–Kier alpha value is -3.29. The van der Waals surface area contributed by atoms with Crippen molar-refractivity contribution in [2.24, 2.45) is 0 Å². The van der Waals surface area contributed by atoms with Crippen LogP contribution in [0.1, 0.15) is 25.3 Å². The second kappa shape index (κ2) is 7.51. The van der Waals surface area contributed by atoms with E-state index in [0.717, 1.165) is 6.07 Å². The first kappa shape index (κ1) is 20.0. The van der Waals surface area contributed by atoms with Crippen molar-refractivity contribution in [3.8, 4) is 11.3 Å². The number of hydrogen-bond donors (Lipinski definition) is 3. The maximum Gasteiger partial charge on any atom is 0.245 e. The molecule has 1 unspecified atom stereocenters. The third-order valence-electron chi connectivity index (χ3n) is 5.49. The molecule has 1 aromatic heterocycles. The summed E-state index contributed by atoms with van der Waals surface area (Å²) in [6.07, 6.45) is 0.684. The van der Waals surface area contributed by atoms with Gasteiger partial charge in [-0.15, -0.1) is 0 Å². The molecule has 3 aromatic rings. The minimum Gasteiger partial charge on any atom is -0.354 e. The lowest BCUT2D eigenvalue weighted by atomic mass is 9.98. The standard InChI is InChI=1S/C22H20F3N3O2/c1-22(8-9-26-21(22)30)28-18(29)7-6-15-16-10-14(24)11-17(25)20(16)27-19(15)12-2-4-13(23)5-3-12/h2-5,10-11,27H,6-9H2,1H3,(H,26,30)(H,28,29). The van der Waals surface area contributed by atoms with Crippen LogP contribution in [0.3, 0.4) is 0 Å². The van der Waals surface area contributed by atoms with Crippen LogP contribution in [0.25, 0.3) is 22.2 Å². The number of halogens is 3. The Balaban J connectivity index is 1.66. The Labute approximate surface area is 170 Å². The van der Waals surface area contributed by atoms with Crippen LogP contribution in [0.15, 0.2) is 36.4 Å². The zero-order chi connectivity index (χ0) is 21.5. The van der Waals surface area contributed by atoms with Gasteiger partial charge in [-0.05, 0) is 61.2 Å². The van der Waals surface area contributed by atoms with Crippen LogP contribution in [0, 0.1) is 17.5 Å². The number of amides is 2. The van der Waals surface area contributed by atoms with Gasteiger partial charge in [0.2, 0.25) is 11.8 Å². The van der Waals surface area contributed by atoms with E-state index in [1.807, 2.05) is 0 Å². The van der Waals surface area contributed by atoms with Crippen LogP contribution in [-0.2, 0) is 16.0 Å². The number of aryl methyl sites for hydroxylation is 1. The first-order chi connectivity index (χ1) is 14.3. The van der Waals surface area contributed by atoms with E-state index < -0.39 is 23.0 Å². The molecule has 30 heavy (non-hydrogen) atoms. The number of benzene rings is 2. The number of nitrogens with one attached hydrogen (secondary N) is 3. The molecule has 3 N–H and O–H groups in total. The van der Waals surface area contributed by atoms with Crippen molar-refractivity contribution >= 4 is 22.7 Å². The number of aromatic amines is 1. The largest absolute Gasteiger partial charge is 0.354 e. The highest BCUT2D eigenvalue weighted by atomic mass is 19.1. The van der Waals surface area contributed by atoms with Gasteiger partial charge in [0.25, 0.3) is 0 Å². The molecule has 2 heterocycles. The fourth-order valence-corrected chi connectivity index (χ4v) is 3.86. The number of aromatic nitrogens is 1. The van der Waals surface area contributed by atoms with Gasteiger partial charge in [-0.3, -0.25) is 9.59 Å². The van der Waals surface area contributed by atoms with E-state index in [0.29, 0.717) is 35.2 Å². The molecule has 1 fully saturated rings. The van der Waals surface area contributed by atoms with Gasteiger partial charge in [-0.2, -0.15) is 0 Å². The van der Waals surface area contributed by atoms with Gasteiger partial charge in [0.15, 0.2) is 0 Å². The molecule has 0 spiro atoms. The molecule has 0 saturated carbocycles. The van der Waals surface area contributed by atoms with Crippen LogP contribution in [0.4, 0.5) is 13.2 Å². The van der Waals surface area contributed by atoms with E-state index in [1.54, 1.807) is 6.92 Å². The summed E-state index contributed by atoms with van der Waals surface area (Å²) in [5.74, 6) is -2.48. The lowest BCUT2D eigenvalue weighted by Gasteiger charge is -2.22. The summed E-state index contributed by atoms with van der Waals surface area (Å²) in [6.45, 7) is 2.15. The number of fused-ring (bicyclic) bond motifs is 1. The average molecular weight is 415 g/mol. The van der Waals surface area contributed by atoms with Crippen molar-refractivity contribution in [3.05, 3.63) is 59.4 Å². The molecule has 8 heteroatoms. The number of hydrogen-bond acceptors (Lipinski definition) is 2. The quantitative estimate of drug-likeness (QED) is 0.596. The second-order valence-corrected chi connectivity index (χ2v) is 7.68. The predicted octanol–water partition coefficient (Wildman–Crippen LogP) is 3.58. The fourth-order valence-electron chi connectivity index (χ4n) is 3.86. The summed E-state index contributed by atoms with van der Waals surface area (Å²) in [5, 5.41) is 5.75. The number of H-pyrrole nitrogens is 1. The van der Waals surface area contributed by atoms with Crippen LogP contribution in [0.2, 0.25) is 0 Å². The van der Waals surface area contributed by atoms with E-state index in [9.17, 15) is 22.8 Å². The Morgan fingerprint density at radius 3 is 2.53 bits per heavy atom. The monoisotopic (exact) mass is 415 g/mol. The first-order valence-corrected chi connectivity index (χ1v) is 9.62. The molecular weight excluding hydrogens is 395 g/mol. The lowest BCUT2D eigenvalue weighted by Crippen LogP contribution is -2.51. The molecule has 0 radical (unpaired) electrons. The van der Waals surface area contributed by atoms with Gasteiger partial charge in [0.05, 0.1) is 5.52 Å². The molecule has 0 aliphatic carbocycles. The summed E-state index contributed by atoms with van der Waals surface area (Å²) in [5.41, 5.74) is 0.784. The molecule has 1 saturated heterocycles. The summed E-state index contributed by atoms with van der Waals surface area (Å²) in [4.78, 5) is 27.4. The molecule has 4 rings (SSSR count). The summed E-state index contributed by atoms with van der Waals surface area (Å²) in [6, 6.07) is 7.59. The first-order valence-electron chi connectivity index (χ1n) is 9.62. The van der Waals surface area contributed by atoms with E-state index in [-0.39, 0.29) is 30.2 Å². The van der Waals surface area contributed by atoms with Crippen LogP contribution in [-0.4, -0.2) is 28.9 Å². The fraction of sp³-hybridized carbons (Fsp3) is 0.273. The van der Waals surface area contributed by atoms with E-state index in [2.05, 4.69) is 15.6 Å². The van der Waals surface area contributed by atoms with Crippen molar-refractivity contribution in [1.82, 2.24) is 15.6 Å². The second-order valence-electron chi connectivity index (χ2n) is 7.68. The van der Waals surface area contributed by atoms with Crippen LogP contribution in [0.5, 0.6) is 0 Å². The SMILES string of the molecule is CC1(NC(=O)CCc2c(-c3ccc(F)cc3)[nH]c3c(F)cc(F)cc23)CCNC1=O. The van der Waals surface area contributed by atoms with Gasteiger partial charge >= 0.3 is 0 Å². The predicted molar refractivity (Wildman–Crippen MR) is 106 cm³/mol. The number of carbonyl (C=O) groups excluding carboxylic acids is 2. The highest BCUT2D eigenvalue weighted by Gasteiger charge is 2.38. The molecule has 2 amide bonds. The van der Waals surface area contributed by atoms with E-state index in [1.165, 1.54) is 30.3 Å². The smallest absolute Gasteiger partial charge is 0.245 e. The molecule has 5 nitrogen and oxygen atoms in total. The van der Waals surface area contributed by atoms with Gasteiger partial charge in [0.1, 0.15) is 23.0 Å². The number of rotatable bonds is 5. The molecule has 1 atom stereocenters. The summed E-state index contributed by atoms with van der Waals surface area (Å²) >= 11 is 0. The van der Waals surface area contributed by atoms with E-state index >= 15 is 0 Å². The molecule has 0 bridgehead atoms. The molecule has 1 aliphatic rings. The maximum atomic E-state index is 14.3. The Morgan fingerprint density at radius 2 is 1.87 bits per heavy atom. The zero-order valence-corrected chi connectivity index (χ0v) is 16.2. The van der Waals surface area contributed by atoms with Crippen LogP contribution < -0.4 is 10.6 Å². The Morgan fingerprint density at radius 1 is 1.13 bits per heavy atom. The third kappa shape index (κ3) is 3.65. The highest BCUT2D eigenvalue weighted by Crippen LogP contribution is 2.33. The van der Waals surface area contributed by atoms with Gasteiger partial charge < -0.3 is 15.6 Å². The molecule has 1 aliphatic heterocycles. The van der Waals surface area contributed by atoms with Gasteiger partial charge in [-0.1, -0.05) is 0 Å². The zero-order valence-electron chi connectivity index (χ0n) is 16.2. The summed E-state index contributed by atoms with van der Waals surface area (Å²) < 4.78 is 41.5. The maximum absolute atomic E-state index is 14.3. The average Bonchev–Trinajstić information content (AvgIpc) is 3.21. The minimum atomic E-state index is -0.963. The highest BCUT2D eigenvalue weighted by molar-refractivity contribution is 5.94. The van der Waals surface area contributed by atoms with Gasteiger partial charge in [0, 0.05) is 30.1 Å². The van der Waals surface area contributed by atoms with Crippen LogP contribution >= 0.6 is 0 Å². The Bertz CT molecular complexity index is 1140. The topological polar surface area (TPSA) is 74.0 Å². The van der Waals surface area contributed by atoms with Crippen molar-refractivity contribution in [2.75, 3.05) is 6.54 Å². The summed E-state index contributed by atoms with van der Waals surface area (Å²) in [7, 11) is 0. The third-order valence-corrected chi connectivity index (χ3v) is 5.49. The molecule has 156 valence electrons. The normalized spacial score (nSPS) is 18.6. The van der Waals surface area contributed by atoms with Crippen molar-refractivity contribution < 1.29 is 22.8 Å².